The molecule has 2 aromatic heterocycles. The fraction of sp³-hybridized carbons (Fsp3) is 0.222. The molecule has 2 heterocycles. The maximum Gasteiger partial charge on any atom is 0.256 e. The Hall–Kier alpha value is -2.82. The molecule has 3 aromatic rings. The van der Waals surface area contributed by atoms with Crippen molar-refractivity contribution in [2.45, 2.75) is 26.8 Å². The number of nitrogens with one attached hydrogen (secondary N) is 1. The molecular formula is C18H20N4O. The summed E-state index contributed by atoms with van der Waals surface area (Å²) in [7, 11) is 0. The van der Waals surface area contributed by atoms with Crippen LogP contribution in [-0.4, -0.2) is 14.5 Å². The first-order chi connectivity index (χ1) is 11.1. The maximum atomic E-state index is 12.4. The van der Waals surface area contributed by atoms with E-state index < -0.39 is 0 Å². The van der Waals surface area contributed by atoms with Crippen molar-refractivity contribution >= 4 is 5.95 Å². The van der Waals surface area contributed by atoms with Crippen molar-refractivity contribution < 1.29 is 0 Å². The number of H-pyrrole nitrogens is 1. The van der Waals surface area contributed by atoms with Crippen molar-refractivity contribution in [1.29, 1.82) is 0 Å². The number of anilines is 1. The first-order valence-corrected chi connectivity index (χ1v) is 7.67. The van der Waals surface area contributed by atoms with E-state index in [4.69, 9.17) is 5.73 Å². The van der Waals surface area contributed by atoms with E-state index in [2.05, 4.69) is 29.0 Å². The van der Waals surface area contributed by atoms with Crippen molar-refractivity contribution in [2.24, 2.45) is 0 Å². The van der Waals surface area contributed by atoms with E-state index >= 15 is 0 Å². The molecule has 0 aliphatic rings. The molecule has 5 nitrogen and oxygen atoms in total. The number of pyridine rings is 1. The number of nitrogen functional groups attached to an aromatic ring is 1. The minimum atomic E-state index is -0.0944. The van der Waals surface area contributed by atoms with Gasteiger partial charge in [0.05, 0.1) is 12.7 Å². The van der Waals surface area contributed by atoms with E-state index in [1.54, 1.807) is 6.20 Å². The van der Waals surface area contributed by atoms with Crippen LogP contribution in [0.1, 0.15) is 23.9 Å². The largest absolute Gasteiger partial charge is 0.369 e. The predicted molar refractivity (Wildman–Crippen MR) is 92.4 cm³/mol. The monoisotopic (exact) mass is 308 g/mol. The number of benzene rings is 1. The second-order valence-corrected chi connectivity index (χ2v) is 5.62. The summed E-state index contributed by atoms with van der Waals surface area (Å²) in [4.78, 5) is 19.4. The Labute approximate surface area is 134 Å². The highest BCUT2D eigenvalue weighted by molar-refractivity contribution is 5.62. The number of rotatable bonds is 4. The lowest BCUT2D eigenvalue weighted by atomic mass is 10.0. The van der Waals surface area contributed by atoms with Crippen LogP contribution in [0.3, 0.4) is 0 Å². The molecule has 3 rings (SSSR count). The van der Waals surface area contributed by atoms with Gasteiger partial charge < -0.3 is 15.3 Å². The maximum absolute atomic E-state index is 12.4. The van der Waals surface area contributed by atoms with Gasteiger partial charge in [-0.1, -0.05) is 31.2 Å². The fourth-order valence-electron chi connectivity index (χ4n) is 2.61. The summed E-state index contributed by atoms with van der Waals surface area (Å²) in [5, 5.41) is 0. The third-order valence-electron chi connectivity index (χ3n) is 4.06. The quantitative estimate of drug-likeness (QED) is 0.778. The van der Waals surface area contributed by atoms with Gasteiger partial charge in [0.25, 0.3) is 5.56 Å². The Morgan fingerprint density at radius 1 is 1.17 bits per heavy atom. The van der Waals surface area contributed by atoms with Crippen molar-refractivity contribution in [1.82, 2.24) is 14.5 Å². The van der Waals surface area contributed by atoms with Gasteiger partial charge in [0.15, 0.2) is 0 Å². The number of aromatic nitrogens is 3. The summed E-state index contributed by atoms with van der Waals surface area (Å²) in [6, 6.07) is 11.9. The molecule has 0 radical (unpaired) electrons. The second kappa shape index (κ2) is 6.12. The van der Waals surface area contributed by atoms with E-state index in [-0.39, 0.29) is 5.56 Å². The van der Waals surface area contributed by atoms with E-state index in [9.17, 15) is 4.79 Å². The Morgan fingerprint density at radius 2 is 1.91 bits per heavy atom. The Morgan fingerprint density at radius 3 is 2.48 bits per heavy atom. The van der Waals surface area contributed by atoms with Crippen molar-refractivity contribution in [3.05, 3.63) is 69.9 Å². The number of nitrogens with zero attached hydrogens (tertiary/aromatic N) is 2. The fourth-order valence-corrected chi connectivity index (χ4v) is 2.61. The molecule has 0 amide bonds. The average Bonchev–Trinajstić information content (AvgIpc) is 2.87. The molecule has 0 atom stereocenters. The van der Waals surface area contributed by atoms with Gasteiger partial charge in [-0.05, 0) is 36.6 Å². The van der Waals surface area contributed by atoms with E-state index in [1.165, 1.54) is 5.56 Å². The Kier molecular flexibility index (Phi) is 4.02. The summed E-state index contributed by atoms with van der Waals surface area (Å²) in [6.07, 6.45) is 2.71. The number of aromatic amines is 1. The zero-order valence-corrected chi connectivity index (χ0v) is 13.3. The number of imidazole rings is 1. The summed E-state index contributed by atoms with van der Waals surface area (Å²) in [5.41, 5.74) is 10.4. The third kappa shape index (κ3) is 3.04. The zero-order chi connectivity index (χ0) is 16.4. The topological polar surface area (TPSA) is 76.7 Å². The SMILES string of the molecule is CCc1ccc(-c2ccc(Cn3c(C)cnc3N)[nH]c2=O)cc1. The molecule has 0 saturated carbocycles. The highest BCUT2D eigenvalue weighted by atomic mass is 16.1. The molecule has 0 aliphatic heterocycles. The van der Waals surface area contributed by atoms with Gasteiger partial charge in [-0.25, -0.2) is 4.98 Å². The van der Waals surface area contributed by atoms with Crippen molar-refractivity contribution in [3.8, 4) is 11.1 Å². The average molecular weight is 308 g/mol. The third-order valence-corrected chi connectivity index (χ3v) is 4.06. The molecule has 0 bridgehead atoms. The minimum Gasteiger partial charge on any atom is -0.369 e. The van der Waals surface area contributed by atoms with Crippen LogP contribution in [0.15, 0.2) is 47.4 Å². The summed E-state index contributed by atoms with van der Waals surface area (Å²) < 4.78 is 1.86. The molecule has 0 fully saturated rings. The summed E-state index contributed by atoms with van der Waals surface area (Å²) in [6.45, 7) is 4.55. The van der Waals surface area contributed by atoms with Gasteiger partial charge in [-0.2, -0.15) is 0 Å². The minimum absolute atomic E-state index is 0.0944. The van der Waals surface area contributed by atoms with Crippen LogP contribution in [0.25, 0.3) is 11.1 Å². The number of aryl methyl sites for hydroxylation is 2. The van der Waals surface area contributed by atoms with Gasteiger partial charge in [-0.3, -0.25) is 4.79 Å². The highest BCUT2D eigenvalue weighted by Crippen LogP contribution is 2.17. The Balaban J connectivity index is 1.90. The predicted octanol–water partition coefficient (Wildman–Crippen LogP) is 2.74. The molecule has 0 spiro atoms. The van der Waals surface area contributed by atoms with Gasteiger partial charge >= 0.3 is 0 Å². The van der Waals surface area contributed by atoms with Crippen LogP contribution >= 0.6 is 0 Å². The van der Waals surface area contributed by atoms with E-state index in [0.717, 1.165) is 23.4 Å². The first-order valence-electron chi connectivity index (χ1n) is 7.67. The van der Waals surface area contributed by atoms with Gasteiger partial charge in [0.2, 0.25) is 5.95 Å². The zero-order valence-electron chi connectivity index (χ0n) is 13.3. The van der Waals surface area contributed by atoms with E-state index in [1.807, 2.05) is 35.8 Å². The lowest BCUT2D eigenvalue weighted by Crippen LogP contribution is -2.14. The molecule has 0 saturated heterocycles. The molecule has 1 aromatic carbocycles. The molecular weight excluding hydrogens is 288 g/mol. The molecule has 0 aliphatic carbocycles. The molecule has 23 heavy (non-hydrogen) atoms. The lowest BCUT2D eigenvalue weighted by molar-refractivity contribution is 0.758. The summed E-state index contributed by atoms with van der Waals surface area (Å²) >= 11 is 0. The van der Waals surface area contributed by atoms with Gasteiger partial charge in [0.1, 0.15) is 0 Å². The van der Waals surface area contributed by atoms with Crippen molar-refractivity contribution in [3.63, 3.8) is 0 Å². The van der Waals surface area contributed by atoms with Crippen LogP contribution in [0.4, 0.5) is 5.95 Å². The molecule has 118 valence electrons. The number of hydrogen-bond donors (Lipinski definition) is 2. The van der Waals surface area contributed by atoms with Crippen LogP contribution in [0.5, 0.6) is 0 Å². The van der Waals surface area contributed by atoms with Crippen molar-refractivity contribution in [2.75, 3.05) is 5.73 Å². The Bertz CT molecular complexity index is 855. The van der Waals surface area contributed by atoms with Crippen LogP contribution < -0.4 is 11.3 Å². The van der Waals surface area contributed by atoms with Crippen LogP contribution in [0, 0.1) is 6.92 Å². The second-order valence-electron chi connectivity index (χ2n) is 5.62. The molecule has 0 unspecified atom stereocenters. The standard InChI is InChI=1S/C18H20N4O/c1-3-13-4-6-14(7-5-13)16-9-8-15(21-17(16)23)11-22-12(2)10-20-18(22)19/h4-10H,3,11H2,1-2H3,(H2,19,20)(H,21,23). The number of nitrogens with two attached hydrogens (primary N) is 1. The van der Waals surface area contributed by atoms with Gasteiger partial charge in [-0.15, -0.1) is 0 Å². The lowest BCUT2D eigenvalue weighted by Gasteiger charge is -2.09. The molecule has 3 N–H and O–H groups in total. The summed E-state index contributed by atoms with van der Waals surface area (Å²) in [5.74, 6) is 0.447. The normalized spacial score (nSPS) is 10.9. The first kappa shape index (κ1) is 15.1. The van der Waals surface area contributed by atoms with Crippen LogP contribution in [0.2, 0.25) is 0 Å². The van der Waals surface area contributed by atoms with Crippen LogP contribution in [-0.2, 0) is 13.0 Å². The highest BCUT2D eigenvalue weighted by Gasteiger charge is 2.08. The smallest absolute Gasteiger partial charge is 0.256 e. The number of hydrogen-bond acceptors (Lipinski definition) is 3. The van der Waals surface area contributed by atoms with E-state index in [0.29, 0.717) is 18.1 Å². The van der Waals surface area contributed by atoms with Gasteiger partial charge in [0, 0.05) is 17.0 Å². The molecule has 5 heteroatoms.